The van der Waals surface area contributed by atoms with Crippen LogP contribution in [0.15, 0.2) is 24.3 Å². The summed E-state index contributed by atoms with van der Waals surface area (Å²) in [5.74, 6) is 1.07. The average molecular weight is 292 g/mol. The average Bonchev–Trinajstić information content (AvgIpc) is 2.54. The van der Waals surface area contributed by atoms with Crippen LogP contribution < -0.4 is 9.47 Å². The molecule has 0 unspecified atom stereocenters. The first-order chi connectivity index (χ1) is 10.2. The Morgan fingerprint density at radius 2 is 1.81 bits per heavy atom. The van der Waals surface area contributed by atoms with Crippen LogP contribution in [-0.2, 0) is 9.59 Å². The van der Waals surface area contributed by atoms with E-state index in [9.17, 15) is 9.59 Å². The lowest BCUT2D eigenvalue weighted by Gasteiger charge is -2.34. The number of hydrogen-bond donors (Lipinski definition) is 0. The van der Waals surface area contributed by atoms with Crippen molar-refractivity contribution >= 4 is 12.3 Å². The van der Waals surface area contributed by atoms with Crippen LogP contribution in [-0.4, -0.2) is 61.5 Å². The Bertz CT molecular complexity index is 498. The number of amides is 2. The fourth-order valence-electron chi connectivity index (χ4n) is 2.26. The van der Waals surface area contributed by atoms with Crippen molar-refractivity contribution in [3.05, 3.63) is 24.3 Å². The fraction of sp³-hybridized carbons (Fsp3) is 0.467. The summed E-state index contributed by atoms with van der Waals surface area (Å²) in [5, 5.41) is 0. The van der Waals surface area contributed by atoms with E-state index in [0.29, 0.717) is 37.7 Å². The van der Waals surface area contributed by atoms with Gasteiger partial charge in [0.15, 0.2) is 17.6 Å². The highest BCUT2D eigenvalue weighted by Gasteiger charge is 2.26. The molecule has 114 valence electrons. The van der Waals surface area contributed by atoms with E-state index in [0.717, 1.165) is 6.41 Å². The molecule has 1 fully saturated rings. The van der Waals surface area contributed by atoms with Gasteiger partial charge in [0.2, 0.25) is 6.41 Å². The van der Waals surface area contributed by atoms with Crippen molar-refractivity contribution in [3.8, 4) is 11.5 Å². The standard InChI is InChI=1S/C15H20N2O4/c1-12(21-14-6-4-3-5-13(14)20-2)15(19)17-9-7-16(11-18)8-10-17/h3-6,11-12H,7-10H2,1-2H3/t12-/m1/s1. The first-order valence-electron chi connectivity index (χ1n) is 6.93. The Kier molecular flexibility index (Phi) is 5.03. The molecule has 1 atom stereocenters. The molecule has 2 amide bonds. The highest BCUT2D eigenvalue weighted by atomic mass is 16.5. The van der Waals surface area contributed by atoms with Crippen LogP contribution in [0.25, 0.3) is 0 Å². The maximum atomic E-state index is 12.4. The van der Waals surface area contributed by atoms with Crippen molar-refractivity contribution in [2.24, 2.45) is 0 Å². The summed E-state index contributed by atoms with van der Waals surface area (Å²) in [5.41, 5.74) is 0. The number of ether oxygens (including phenoxy) is 2. The summed E-state index contributed by atoms with van der Waals surface area (Å²) in [6.45, 7) is 3.93. The van der Waals surface area contributed by atoms with E-state index >= 15 is 0 Å². The number of carbonyl (C=O) groups is 2. The van der Waals surface area contributed by atoms with Gasteiger partial charge in [0.05, 0.1) is 7.11 Å². The van der Waals surface area contributed by atoms with E-state index in [1.807, 2.05) is 12.1 Å². The minimum absolute atomic E-state index is 0.0774. The normalized spacial score (nSPS) is 16.3. The van der Waals surface area contributed by atoms with Crippen molar-refractivity contribution in [1.82, 2.24) is 9.80 Å². The highest BCUT2D eigenvalue weighted by Crippen LogP contribution is 2.27. The molecule has 1 aromatic rings. The number of piperazine rings is 1. The van der Waals surface area contributed by atoms with Crippen molar-refractivity contribution in [1.29, 1.82) is 0 Å². The number of hydrogen-bond acceptors (Lipinski definition) is 4. The second kappa shape index (κ2) is 6.97. The summed E-state index contributed by atoms with van der Waals surface area (Å²) in [4.78, 5) is 26.4. The first kappa shape index (κ1) is 15.2. The molecule has 0 aromatic heterocycles. The van der Waals surface area contributed by atoms with Gasteiger partial charge in [0, 0.05) is 26.2 Å². The summed E-state index contributed by atoms with van der Waals surface area (Å²) in [6.07, 6.45) is 0.223. The molecule has 1 aliphatic heterocycles. The summed E-state index contributed by atoms with van der Waals surface area (Å²) >= 11 is 0. The molecule has 0 radical (unpaired) electrons. The maximum Gasteiger partial charge on any atom is 0.263 e. The predicted molar refractivity (Wildman–Crippen MR) is 77.3 cm³/mol. The topological polar surface area (TPSA) is 59.1 Å². The zero-order valence-corrected chi connectivity index (χ0v) is 12.3. The smallest absolute Gasteiger partial charge is 0.263 e. The summed E-state index contributed by atoms with van der Waals surface area (Å²) in [7, 11) is 1.56. The van der Waals surface area contributed by atoms with Crippen LogP contribution in [0.1, 0.15) is 6.92 Å². The van der Waals surface area contributed by atoms with Crippen molar-refractivity contribution in [2.75, 3.05) is 33.3 Å². The Labute approximate surface area is 124 Å². The quantitative estimate of drug-likeness (QED) is 0.752. The van der Waals surface area contributed by atoms with Gasteiger partial charge in [-0.3, -0.25) is 9.59 Å². The molecule has 0 bridgehead atoms. The van der Waals surface area contributed by atoms with E-state index in [1.165, 1.54) is 0 Å². The lowest BCUT2D eigenvalue weighted by atomic mass is 10.2. The van der Waals surface area contributed by atoms with Gasteiger partial charge in [-0.05, 0) is 19.1 Å². The largest absolute Gasteiger partial charge is 0.493 e. The Morgan fingerprint density at radius 1 is 1.19 bits per heavy atom. The van der Waals surface area contributed by atoms with Gasteiger partial charge in [0.25, 0.3) is 5.91 Å². The molecule has 0 N–H and O–H groups in total. The molecule has 1 aliphatic rings. The van der Waals surface area contributed by atoms with Gasteiger partial charge in [-0.1, -0.05) is 12.1 Å². The third-order valence-corrected chi connectivity index (χ3v) is 3.50. The van der Waals surface area contributed by atoms with Gasteiger partial charge in [0.1, 0.15) is 0 Å². The first-order valence-corrected chi connectivity index (χ1v) is 6.93. The van der Waals surface area contributed by atoms with Crippen molar-refractivity contribution in [2.45, 2.75) is 13.0 Å². The van der Waals surface area contributed by atoms with E-state index in [2.05, 4.69) is 0 Å². The van der Waals surface area contributed by atoms with Gasteiger partial charge < -0.3 is 19.3 Å². The van der Waals surface area contributed by atoms with E-state index < -0.39 is 6.10 Å². The van der Waals surface area contributed by atoms with Crippen LogP contribution in [0.2, 0.25) is 0 Å². The Balaban J connectivity index is 1.95. The highest BCUT2D eigenvalue weighted by molar-refractivity contribution is 5.81. The maximum absolute atomic E-state index is 12.4. The van der Waals surface area contributed by atoms with E-state index in [-0.39, 0.29) is 5.91 Å². The molecular weight excluding hydrogens is 272 g/mol. The Hall–Kier alpha value is -2.24. The van der Waals surface area contributed by atoms with Gasteiger partial charge >= 0.3 is 0 Å². The van der Waals surface area contributed by atoms with E-state index in [4.69, 9.17) is 9.47 Å². The minimum Gasteiger partial charge on any atom is -0.493 e. The van der Waals surface area contributed by atoms with Crippen molar-refractivity contribution in [3.63, 3.8) is 0 Å². The van der Waals surface area contributed by atoms with Crippen LogP contribution in [0.3, 0.4) is 0 Å². The van der Waals surface area contributed by atoms with Gasteiger partial charge in [-0.15, -0.1) is 0 Å². The molecule has 1 saturated heterocycles. The molecular formula is C15H20N2O4. The van der Waals surface area contributed by atoms with Gasteiger partial charge in [-0.25, -0.2) is 0 Å². The third kappa shape index (κ3) is 3.65. The van der Waals surface area contributed by atoms with Crippen LogP contribution >= 0.6 is 0 Å². The number of para-hydroxylation sites is 2. The van der Waals surface area contributed by atoms with Crippen LogP contribution in [0, 0.1) is 0 Å². The molecule has 6 nitrogen and oxygen atoms in total. The minimum atomic E-state index is -0.593. The zero-order valence-electron chi connectivity index (χ0n) is 12.3. The molecule has 1 heterocycles. The monoisotopic (exact) mass is 292 g/mol. The van der Waals surface area contributed by atoms with Gasteiger partial charge in [-0.2, -0.15) is 0 Å². The second-order valence-corrected chi connectivity index (χ2v) is 4.88. The molecule has 1 aromatic carbocycles. The second-order valence-electron chi connectivity index (χ2n) is 4.88. The third-order valence-electron chi connectivity index (χ3n) is 3.50. The molecule has 0 spiro atoms. The number of nitrogens with zero attached hydrogens (tertiary/aromatic N) is 2. The number of benzene rings is 1. The summed E-state index contributed by atoms with van der Waals surface area (Å²) in [6, 6.07) is 7.23. The number of carbonyl (C=O) groups excluding carboxylic acids is 2. The van der Waals surface area contributed by atoms with E-state index in [1.54, 1.807) is 36.0 Å². The lowest BCUT2D eigenvalue weighted by Crippen LogP contribution is -2.51. The zero-order chi connectivity index (χ0) is 15.2. The summed E-state index contributed by atoms with van der Waals surface area (Å²) < 4.78 is 10.9. The SMILES string of the molecule is COc1ccccc1O[C@H](C)C(=O)N1CCN(C=O)CC1. The Morgan fingerprint density at radius 3 is 2.38 bits per heavy atom. The van der Waals surface area contributed by atoms with Crippen LogP contribution in [0.4, 0.5) is 0 Å². The molecule has 21 heavy (non-hydrogen) atoms. The van der Waals surface area contributed by atoms with Crippen molar-refractivity contribution < 1.29 is 19.1 Å². The fourth-order valence-corrected chi connectivity index (χ4v) is 2.26. The molecule has 0 aliphatic carbocycles. The molecule has 0 saturated carbocycles. The predicted octanol–water partition coefficient (Wildman–Crippen LogP) is 0.763. The van der Waals surface area contributed by atoms with Crippen LogP contribution in [0.5, 0.6) is 11.5 Å². The molecule has 6 heteroatoms. The lowest BCUT2D eigenvalue weighted by molar-refractivity contribution is -0.141. The number of methoxy groups -OCH3 is 1. The number of rotatable bonds is 5. The molecule has 2 rings (SSSR count).